The number of aromatic carboxylic acids is 1. The Morgan fingerprint density at radius 1 is 1.35 bits per heavy atom. The van der Waals surface area contributed by atoms with E-state index in [1.807, 2.05) is 0 Å². The fraction of sp³-hybridized carbons (Fsp3) is 0.308. The molecule has 1 atom stereocenters. The molecule has 2 N–H and O–H groups in total. The molecule has 0 spiro atoms. The van der Waals surface area contributed by atoms with Crippen molar-refractivity contribution in [3.63, 3.8) is 0 Å². The number of phenolic OH excluding ortho intramolecular Hbond substituents is 1. The van der Waals surface area contributed by atoms with Gasteiger partial charge in [0.25, 0.3) is 0 Å². The maximum atomic E-state index is 11.3. The lowest BCUT2D eigenvalue weighted by Crippen LogP contribution is -2.11. The Balaban J connectivity index is 2.10. The summed E-state index contributed by atoms with van der Waals surface area (Å²) in [6.45, 7) is 0.602. The molecule has 104 valence electrons. The Morgan fingerprint density at radius 3 is 2.70 bits per heavy atom. The molecule has 0 amide bonds. The van der Waals surface area contributed by atoms with Crippen molar-refractivity contribution in [1.29, 1.82) is 0 Å². The lowest BCUT2D eigenvalue weighted by molar-refractivity contribution is 0.0673. The summed E-state index contributed by atoms with van der Waals surface area (Å²) >= 11 is 0. The quantitative estimate of drug-likeness (QED) is 0.881. The minimum Gasteiger partial charge on any atom is -0.508 e. The lowest BCUT2D eigenvalue weighted by atomic mass is 10.1. The van der Waals surface area contributed by atoms with Gasteiger partial charge in [-0.2, -0.15) is 0 Å². The first-order chi connectivity index (χ1) is 9.66. The van der Waals surface area contributed by atoms with Crippen LogP contribution in [0, 0.1) is 0 Å². The molecule has 1 fully saturated rings. The molecule has 0 radical (unpaired) electrons. The van der Waals surface area contributed by atoms with Crippen LogP contribution in [0.4, 0.5) is 0 Å². The molecule has 0 aliphatic carbocycles. The van der Waals surface area contributed by atoms with Crippen LogP contribution in [0.1, 0.15) is 35.1 Å². The van der Waals surface area contributed by atoms with Gasteiger partial charge in [-0.15, -0.1) is 5.10 Å². The van der Waals surface area contributed by atoms with Crippen LogP contribution in [-0.2, 0) is 4.74 Å². The van der Waals surface area contributed by atoms with E-state index in [0.717, 1.165) is 12.8 Å². The molecule has 2 aromatic rings. The minimum atomic E-state index is -1.12. The summed E-state index contributed by atoms with van der Waals surface area (Å²) in [4.78, 5) is 11.3. The third kappa shape index (κ3) is 2.12. The van der Waals surface area contributed by atoms with Crippen LogP contribution in [0.2, 0.25) is 0 Å². The number of benzene rings is 1. The predicted molar refractivity (Wildman–Crippen MR) is 67.9 cm³/mol. The lowest BCUT2D eigenvalue weighted by Gasteiger charge is -2.12. The van der Waals surface area contributed by atoms with Crippen LogP contribution in [0.5, 0.6) is 5.75 Å². The molecule has 3 rings (SSSR count). The Morgan fingerprint density at radius 2 is 2.10 bits per heavy atom. The summed E-state index contributed by atoms with van der Waals surface area (Å²) in [5.41, 5.74) is 0.985. The number of aromatic hydroxyl groups is 1. The number of aromatic nitrogens is 3. The van der Waals surface area contributed by atoms with Gasteiger partial charge in [-0.1, -0.05) is 5.21 Å². The number of hydrogen-bond acceptors (Lipinski definition) is 5. The summed E-state index contributed by atoms with van der Waals surface area (Å²) in [5.74, 6) is -0.994. The van der Waals surface area contributed by atoms with E-state index in [1.165, 1.54) is 16.8 Å². The van der Waals surface area contributed by atoms with Gasteiger partial charge in [-0.25, -0.2) is 9.48 Å². The summed E-state index contributed by atoms with van der Waals surface area (Å²) in [6, 6.07) is 6.32. The van der Waals surface area contributed by atoms with E-state index in [9.17, 15) is 15.0 Å². The second kappa shape index (κ2) is 4.93. The topological polar surface area (TPSA) is 97.5 Å². The summed E-state index contributed by atoms with van der Waals surface area (Å²) in [6.07, 6.45) is 1.31. The average molecular weight is 275 g/mol. The van der Waals surface area contributed by atoms with Gasteiger partial charge in [0, 0.05) is 6.61 Å². The monoisotopic (exact) mass is 275 g/mol. The van der Waals surface area contributed by atoms with Crippen molar-refractivity contribution in [1.82, 2.24) is 15.0 Å². The van der Waals surface area contributed by atoms with Gasteiger partial charge in [0.05, 0.1) is 5.69 Å². The molecule has 7 nitrogen and oxygen atoms in total. The zero-order valence-electron chi connectivity index (χ0n) is 10.6. The Bertz CT molecular complexity index is 630. The molecule has 1 unspecified atom stereocenters. The molecule has 1 aliphatic rings. The number of hydrogen-bond donors (Lipinski definition) is 2. The number of carbonyl (C=O) groups is 1. The van der Waals surface area contributed by atoms with Gasteiger partial charge >= 0.3 is 5.97 Å². The highest BCUT2D eigenvalue weighted by atomic mass is 16.5. The first-order valence-corrected chi connectivity index (χ1v) is 6.26. The van der Waals surface area contributed by atoms with Gasteiger partial charge in [0.2, 0.25) is 0 Å². The maximum Gasteiger partial charge on any atom is 0.358 e. The number of carboxylic acids is 1. The van der Waals surface area contributed by atoms with Crippen LogP contribution >= 0.6 is 0 Å². The standard InChI is InChI=1S/C13H13N3O4/c17-9-5-3-8(4-6-9)16-12(10-2-1-7-20-10)11(13(18)19)14-15-16/h3-6,10,17H,1-2,7H2,(H,18,19). The van der Waals surface area contributed by atoms with Crippen LogP contribution in [0.25, 0.3) is 5.69 Å². The van der Waals surface area contributed by atoms with E-state index >= 15 is 0 Å². The van der Waals surface area contributed by atoms with E-state index in [0.29, 0.717) is 18.0 Å². The molecule has 2 heterocycles. The zero-order valence-corrected chi connectivity index (χ0v) is 10.6. The molecule has 1 aromatic heterocycles. The number of rotatable bonds is 3. The maximum absolute atomic E-state index is 11.3. The van der Waals surface area contributed by atoms with E-state index < -0.39 is 5.97 Å². The van der Waals surface area contributed by atoms with Crippen LogP contribution in [-0.4, -0.2) is 37.8 Å². The number of nitrogens with zero attached hydrogens (tertiary/aromatic N) is 3. The third-order valence-corrected chi connectivity index (χ3v) is 3.24. The largest absolute Gasteiger partial charge is 0.508 e. The second-order valence-electron chi connectivity index (χ2n) is 4.56. The van der Waals surface area contributed by atoms with Gasteiger partial charge in [-0.3, -0.25) is 0 Å². The molecule has 1 aromatic carbocycles. The number of ether oxygens (including phenoxy) is 1. The summed E-state index contributed by atoms with van der Waals surface area (Å²) in [5, 5.41) is 26.2. The van der Waals surface area contributed by atoms with E-state index in [2.05, 4.69) is 10.3 Å². The Kier molecular flexibility index (Phi) is 3.11. The van der Waals surface area contributed by atoms with Crippen molar-refractivity contribution in [2.75, 3.05) is 6.61 Å². The summed E-state index contributed by atoms with van der Waals surface area (Å²) < 4.78 is 7.02. The Hall–Kier alpha value is -2.41. The van der Waals surface area contributed by atoms with E-state index in [4.69, 9.17) is 4.74 Å². The highest BCUT2D eigenvalue weighted by Gasteiger charge is 2.30. The molecular weight excluding hydrogens is 262 g/mol. The van der Waals surface area contributed by atoms with Crippen LogP contribution in [0.3, 0.4) is 0 Å². The first-order valence-electron chi connectivity index (χ1n) is 6.26. The van der Waals surface area contributed by atoms with Crippen molar-refractivity contribution in [3.8, 4) is 11.4 Å². The fourth-order valence-electron chi connectivity index (χ4n) is 2.31. The molecular formula is C13H13N3O4. The van der Waals surface area contributed by atoms with Crippen LogP contribution in [0.15, 0.2) is 24.3 Å². The van der Waals surface area contributed by atoms with Crippen molar-refractivity contribution in [2.24, 2.45) is 0 Å². The smallest absolute Gasteiger partial charge is 0.358 e. The average Bonchev–Trinajstić information content (AvgIpc) is 3.08. The SMILES string of the molecule is O=C(O)c1nnn(-c2ccc(O)cc2)c1C1CCCO1. The van der Waals surface area contributed by atoms with Crippen molar-refractivity contribution in [3.05, 3.63) is 35.7 Å². The highest BCUT2D eigenvalue weighted by Crippen LogP contribution is 2.31. The normalized spacial score (nSPS) is 18.3. The van der Waals surface area contributed by atoms with Gasteiger partial charge in [0.15, 0.2) is 5.69 Å². The van der Waals surface area contributed by atoms with Gasteiger partial charge in [0.1, 0.15) is 17.5 Å². The minimum absolute atomic E-state index is 0.0926. The molecule has 0 bridgehead atoms. The van der Waals surface area contributed by atoms with Crippen molar-refractivity contribution < 1.29 is 19.7 Å². The molecule has 20 heavy (non-hydrogen) atoms. The third-order valence-electron chi connectivity index (χ3n) is 3.24. The highest BCUT2D eigenvalue weighted by molar-refractivity contribution is 5.86. The van der Waals surface area contributed by atoms with Gasteiger partial charge in [-0.05, 0) is 37.1 Å². The van der Waals surface area contributed by atoms with Crippen molar-refractivity contribution in [2.45, 2.75) is 18.9 Å². The van der Waals surface area contributed by atoms with E-state index in [1.54, 1.807) is 12.1 Å². The molecule has 7 heteroatoms. The fourth-order valence-corrected chi connectivity index (χ4v) is 2.31. The van der Waals surface area contributed by atoms with Gasteiger partial charge < -0.3 is 14.9 Å². The molecule has 1 saturated heterocycles. The number of carboxylic acid groups (broad SMARTS) is 1. The zero-order chi connectivity index (χ0) is 14.1. The summed E-state index contributed by atoms with van der Waals surface area (Å²) in [7, 11) is 0. The number of phenols is 1. The first kappa shape index (κ1) is 12.6. The Labute approximate surface area is 114 Å². The second-order valence-corrected chi connectivity index (χ2v) is 4.56. The van der Waals surface area contributed by atoms with Crippen molar-refractivity contribution >= 4 is 5.97 Å². The molecule has 1 aliphatic heterocycles. The molecule has 0 saturated carbocycles. The van der Waals surface area contributed by atoms with Crippen LogP contribution < -0.4 is 0 Å². The predicted octanol–water partition coefficient (Wildman–Crippen LogP) is 1.52. The van der Waals surface area contributed by atoms with E-state index in [-0.39, 0.29) is 17.5 Å².